The number of nitrogens with one attached hydrogen (secondary N) is 2. The molecule has 7 heteroatoms. The normalized spacial score (nSPS) is 35.2. The summed E-state index contributed by atoms with van der Waals surface area (Å²) in [5, 5.41) is 17.9. The number of nitrogens with zero attached hydrogens (tertiary/aromatic N) is 1. The highest BCUT2D eigenvalue weighted by Crippen LogP contribution is 2.60. The first-order valence-electron chi connectivity index (χ1n) is 12.4. The molecule has 4 atom stereocenters. The van der Waals surface area contributed by atoms with Crippen LogP contribution >= 0.6 is 0 Å². The molecule has 34 heavy (non-hydrogen) atoms. The number of ether oxygens (including phenoxy) is 1. The van der Waals surface area contributed by atoms with Gasteiger partial charge in [0.15, 0.2) is 0 Å². The SMILES string of the molecule is C/C=C\C=C(/CC)CN1CC[C@]23C[C@]4(CC[C@@]2(O)[C@H]1Cc1ccc(OC)cc13)NC(=O)NC4=O. The van der Waals surface area contributed by atoms with Crippen LogP contribution in [-0.4, -0.2) is 59.3 Å². The average molecular weight is 466 g/mol. The number of rotatable bonds is 5. The number of carbonyl (C=O) groups is 2. The Bertz CT molecular complexity index is 1080. The van der Waals surface area contributed by atoms with Gasteiger partial charge in [-0.2, -0.15) is 0 Å². The smallest absolute Gasteiger partial charge is 0.322 e. The predicted octanol–water partition coefficient (Wildman–Crippen LogP) is 2.97. The van der Waals surface area contributed by atoms with Crippen molar-refractivity contribution in [3.63, 3.8) is 0 Å². The van der Waals surface area contributed by atoms with Crippen molar-refractivity contribution in [2.45, 2.75) is 75.0 Å². The van der Waals surface area contributed by atoms with Crippen molar-refractivity contribution < 1.29 is 19.4 Å². The molecule has 3 fully saturated rings. The molecule has 5 rings (SSSR count). The Morgan fingerprint density at radius 3 is 2.79 bits per heavy atom. The first-order valence-corrected chi connectivity index (χ1v) is 12.4. The number of piperidine rings is 1. The van der Waals surface area contributed by atoms with E-state index < -0.39 is 22.6 Å². The molecule has 1 aromatic carbocycles. The van der Waals surface area contributed by atoms with E-state index in [1.165, 1.54) is 11.1 Å². The fourth-order valence-electron chi connectivity index (χ4n) is 7.05. The molecular formula is C27H35N3O4. The van der Waals surface area contributed by atoms with Crippen LogP contribution in [0.2, 0.25) is 0 Å². The van der Waals surface area contributed by atoms with Gasteiger partial charge >= 0.3 is 6.03 Å². The molecule has 7 nitrogen and oxygen atoms in total. The second-order valence-corrected chi connectivity index (χ2v) is 10.3. The number of benzene rings is 1. The average Bonchev–Trinajstić information content (AvgIpc) is 3.10. The number of imide groups is 1. The summed E-state index contributed by atoms with van der Waals surface area (Å²) in [5.41, 5.74) is 0.986. The maximum absolute atomic E-state index is 13.0. The Kier molecular flexibility index (Phi) is 5.60. The van der Waals surface area contributed by atoms with Crippen LogP contribution < -0.4 is 15.4 Å². The molecule has 2 heterocycles. The fourth-order valence-corrected chi connectivity index (χ4v) is 7.05. The van der Waals surface area contributed by atoms with Crippen LogP contribution in [-0.2, 0) is 16.6 Å². The molecular weight excluding hydrogens is 430 g/mol. The number of carbonyl (C=O) groups excluding carboxylic acids is 2. The highest BCUT2D eigenvalue weighted by Gasteiger charge is 2.69. The van der Waals surface area contributed by atoms with Gasteiger partial charge in [0.2, 0.25) is 0 Å². The second kappa shape index (κ2) is 8.24. The Labute approximate surface area is 201 Å². The number of aliphatic hydroxyl groups is 1. The molecule has 0 radical (unpaired) electrons. The van der Waals surface area contributed by atoms with E-state index in [2.05, 4.69) is 40.7 Å². The molecule has 1 aromatic rings. The summed E-state index contributed by atoms with van der Waals surface area (Å²) in [6.45, 7) is 5.83. The quantitative estimate of drug-likeness (QED) is 0.460. The monoisotopic (exact) mass is 465 g/mol. The lowest BCUT2D eigenvalue weighted by Gasteiger charge is -2.65. The minimum Gasteiger partial charge on any atom is -0.497 e. The van der Waals surface area contributed by atoms with Crippen LogP contribution in [0.1, 0.15) is 57.1 Å². The van der Waals surface area contributed by atoms with Gasteiger partial charge in [0.1, 0.15) is 11.3 Å². The summed E-state index contributed by atoms with van der Waals surface area (Å²) in [6.07, 6.45) is 10.0. The Morgan fingerprint density at radius 2 is 2.12 bits per heavy atom. The number of likely N-dealkylation sites (tertiary alicyclic amines) is 1. The van der Waals surface area contributed by atoms with Crippen LogP contribution in [0, 0.1) is 0 Å². The minimum atomic E-state index is -0.997. The van der Waals surface area contributed by atoms with E-state index in [0.717, 1.165) is 37.2 Å². The van der Waals surface area contributed by atoms with Gasteiger partial charge in [-0.15, -0.1) is 0 Å². The van der Waals surface area contributed by atoms with Crippen molar-refractivity contribution in [3.05, 3.63) is 53.1 Å². The molecule has 1 spiro atoms. The summed E-state index contributed by atoms with van der Waals surface area (Å²) in [5.74, 6) is 0.476. The third kappa shape index (κ3) is 3.24. The van der Waals surface area contributed by atoms with E-state index in [4.69, 9.17) is 4.74 Å². The number of allylic oxidation sites excluding steroid dienone is 3. The predicted molar refractivity (Wildman–Crippen MR) is 130 cm³/mol. The summed E-state index contributed by atoms with van der Waals surface area (Å²) in [7, 11) is 1.65. The van der Waals surface area contributed by atoms with E-state index in [-0.39, 0.29) is 11.9 Å². The lowest BCUT2D eigenvalue weighted by molar-refractivity contribution is -0.178. The maximum Gasteiger partial charge on any atom is 0.322 e. The first-order chi connectivity index (χ1) is 16.3. The minimum absolute atomic E-state index is 0.0554. The van der Waals surface area contributed by atoms with Crippen molar-refractivity contribution in [1.82, 2.24) is 15.5 Å². The zero-order chi connectivity index (χ0) is 24.1. The van der Waals surface area contributed by atoms with Gasteiger partial charge in [-0.25, -0.2) is 4.79 Å². The standard InChI is InChI=1S/C27H35N3O4/c1-4-6-7-18(5-2)16-30-13-12-25-17-26(23(31)28-24(32)29-26)10-11-27(25,33)22(30)14-19-8-9-20(34-3)15-21(19)25/h4,6-9,15,22,33H,5,10-14,16-17H2,1-3H3,(H2,28,29,31,32)/b6-4-,18-7+/t22-,25-,26+,27-/m1/s1. The largest absolute Gasteiger partial charge is 0.497 e. The van der Waals surface area contributed by atoms with Crippen LogP contribution in [0.3, 0.4) is 0 Å². The molecule has 2 saturated heterocycles. The topological polar surface area (TPSA) is 90.9 Å². The second-order valence-electron chi connectivity index (χ2n) is 10.3. The Balaban J connectivity index is 1.60. The molecule has 3 amide bonds. The summed E-state index contributed by atoms with van der Waals surface area (Å²) < 4.78 is 5.55. The Hall–Kier alpha value is -2.64. The van der Waals surface area contributed by atoms with Gasteiger partial charge < -0.3 is 15.2 Å². The van der Waals surface area contributed by atoms with Gasteiger partial charge in [0.25, 0.3) is 5.91 Å². The molecule has 1 saturated carbocycles. The number of hydrogen-bond acceptors (Lipinski definition) is 5. The van der Waals surface area contributed by atoms with Crippen LogP contribution in [0.15, 0.2) is 42.0 Å². The van der Waals surface area contributed by atoms with E-state index in [1.807, 2.05) is 25.1 Å². The summed E-state index contributed by atoms with van der Waals surface area (Å²) in [4.78, 5) is 27.5. The van der Waals surface area contributed by atoms with Crippen molar-refractivity contribution in [2.75, 3.05) is 20.2 Å². The molecule has 0 aromatic heterocycles. The summed E-state index contributed by atoms with van der Waals surface area (Å²) >= 11 is 0. The van der Waals surface area contributed by atoms with Gasteiger partial charge in [-0.1, -0.05) is 36.8 Å². The first kappa shape index (κ1) is 23.1. The number of amides is 3. The van der Waals surface area contributed by atoms with Crippen LogP contribution in [0.5, 0.6) is 5.75 Å². The van der Waals surface area contributed by atoms with Crippen molar-refractivity contribution in [2.24, 2.45) is 0 Å². The third-order valence-electron chi connectivity index (χ3n) is 8.83. The van der Waals surface area contributed by atoms with E-state index in [0.29, 0.717) is 25.7 Å². The lowest BCUT2D eigenvalue weighted by atomic mass is 9.46. The maximum atomic E-state index is 13.0. The highest BCUT2D eigenvalue weighted by molar-refractivity contribution is 6.07. The zero-order valence-corrected chi connectivity index (χ0v) is 20.3. The zero-order valence-electron chi connectivity index (χ0n) is 20.3. The van der Waals surface area contributed by atoms with Crippen LogP contribution in [0.25, 0.3) is 0 Å². The summed E-state index contributed by atoms with van der Waals surface area (Å²) in [6, 6.07) is 5.64. The molecule has 3 N–H and O–H groups in total. The molecule has 0 unspecified atom stereocenters. The van der Waals surface area contributed by atoms with Crippen molar-refractivity contribution in [3.8, 4) is 5.75 Å². The number of fused-ring (bicyclic) bond motifs is 1. The Morgan fingerprint density at radius 1 is 1.29 bits per heavy atom. The van der Waals surface area contributed by atoms with E-state index in [9.17, 15) is 14.7 Å². The number of urea groups is 1. The number of hydrogen-bond donors (Lipinski definition) is 3. The highest BCUT2D eigenvalue weighted by atomic mass is 16.5. The van der Waals surface area contributed by atoms with Gasteiger partial charge in [0, 0.05) is 18.0 Å². The molecule has 2 aliphatic heterocycles. The van der Waals surface area contributed by atoms with Gasteiger partial charge in [-0.3, -0.25) is 15.0 Å². The van der Waals surface area contributed by atoms with Crippen LogP contribution in [0.4, 0.5) is 4.79 Å². The molecule has 182 valence electrons. The fraction of sp³-hybridized carbons (Fsp3) is 0.556. The molecule has 2 bridgehead atoms. The van der Waals surface area contributed by atoms with Gasteiger partial charge in [-0.05, 0) is 75.3 Å². The third-order valence-corrected chi connectivity index (χ3v) is 8.83. The lowest BCUT2D eigenvalue weighted by Crippen LogP contribution is -2.76. The van der Waals surface area contributed by atoms with Crippen molar-refractivity contribution >= 4 is 11.9 Å². The van der Waals surface area contributed by atoms with E-state index >= 15 is 0 Å². The number of methoxy groups -OCH3 is 1. The molecule has 4 aliphatic rings. The van der Waals surface area contributed by atoms with Crippen molar-refractivity contribution in [1.29, 1.82) is 0 Å². The molecule has 2 aliphatic carbocycles. The van der Waals surface area contributed by atoms with E-state index in [1.54, 1.807) is 7.11 Å². The van der Waals surface area contributed by atoms with Gasteiger partial charge in [0.05, 0.1) is 12.7 Å².